The lowest BCUT2D eigenvalue weighted by molar-refractivity contribution is -0.134. The van der Waals surface area contributed by atoms with Crippen molar-refractivity contribution < 1.29 is 9.53 Å². The number of carbonyl (C=O) groups is 1. The molecule has 2 aromatic rings. The maximum Gasteiger partial charge on any atom is 0.312 e. The van der Waals surface area contributed by atoms with Gasteiger partial charge in [-0.25, -0.2) is 4.68 Å². The summed E-state index contributed by atoms with van der Waals surface area (Å²) in [6.45, 7) is 7.82. The van der Waals surface area contributed by atoms with Crippen molar-refractivity contribution in [3.8, 4) is 5.88 Å². The quantitative estimate of drug-likeness (QED) is 0.787. The largest absolute Gasteiger partial charge is 0.407 e. The fourth-order valence-electron chi connectivity index (χ4n) is 3.33. The van der Waals surface area contributed by atoms with Gasteiger partial charge in [0, 0.05) is 12.0 Å². The van der Waals surface area contributed by atoms with Gasteiger partial charge in [0.2, 0.25) is 5.88 Å². The minimum atomic E-state index is -0.225. The standard InChI is InChI=1S/C20H26N2O2/c1-5-19(23)24-20-13(2)14(3)21-22(20)15(4)17-11-10-16-8-6-7-9-18(16)12-17/h10-12,15H,5-9H2,1-4H3. The first kappa shape index (κ1) is 16.7. The summed E-state index contributed by atoms with van der Waals surface area (Å²) in [7, 11) is 0. The Morgan fingerprint density at radius 1 is 1.25 bits per heavy atom. The Bertz CT molecular complexity index is 761. The smallest absolute Gasteiger partial charge is 0.312 e. The first-order valence-electron chi connectivity index (χ1n) is 8.89. The Morgan fingerprint density at radius 3 is 2.67 bits per heavy atom. The highest BCUT2D eigenvalue weighted by Crippen LogP contribution is 2.31. The van der Waals surface area contributed by atoms with Crippen molar-refractivity contribution in [3.05, 3.63) is 46.1 Å². The van der Waals surface area contributed by atoms with Crippen LogP contribution in [0.5, 0.6) is 5.88 Å². The van der Waals surface area contributed by atoms with Crippen LogP contribution < -0.4 is 4.74 Å². The molecule has 4 heteroatoms. The average Bonchev–Trinajstić information content (AvgIpc) is 2.88. The van der Waals surface area contributed by atoms with Gasteiger partial charge in [0.1, 0.15) is 0 Å². The van der Waals surface area contributed by atoms with Crippen molar-refractivity contribution >= 4 is 5.97 Å². The number of ether oxygens (including phenoxy) is 1. The summed E-state index contributed by atoms with van der Waals surface area (Å²) in [4.78, 5) is 11.8. The van der Waals surface area contributed by atoms with Crippen LogP contribution in [0.15, 0.2) is 18.2 Å². The lowest BCUT2D eigenvalue weighted by Crippen LogP contribution is -2.15. The highest BCUT2D eigenvalue weighted by atomic mass is 16.5. The molecule has 3 rings (SSSR count). The Labute approximate surface area is 143 Å². The first-order chi connectivity index (χ1) is 11.5. The fourth-order valence-corrected chi connectivity index (χ4v) is 3.33. The summed E-state index contributed by atoms with van der Waals surface area (Å²) >= 11 is 0. The predicted octanol–water partition coefficient (Wildman–Crippen LogP) is 4.30. The lowest BCUT2D eigenvalue weighted by atomic mass is 9.89. The summed E-state index contributed by atoms with van der Waals surface area (Å²) in [6.07, 6.45) is 5.26. The summed E-state index contributed by atoms with van der Waals surface area (Å²) in [5.41, 5.74) is 5.98. The van der Waals surface area contributed by atoms with Crippen molar-refractivity contribution in [2.24, 2.45) is 0 Å². The molecule has 0 aliphatic heterocycles. The Balaban J connectivity index is 1.96. The molecule has 0 spiro atoms. The van der Waals surface area contributed by atoms with Gasteiger partial charge in [0.25, 0.3) is 0 Å². The van der Waals surface area contributed by atoms with Crippen molar-refractivity contribution in [2.45, 2.75) is 65.8 Å². The molecule has 0 bridgehead atoms. The third-order valence-electron chi connectivity index (χ3n) is 5.05. The molecule has 1 aliphatic carbocycles. The number of aromatic nitrogens is 2. The van der Waals surface area contributed by atoms with E-state index >= 15 is 0 Å². The second-order valence-corrected chi connectivity index (χ2v) is 6.70. The second kappa shape index (κ2) is 6.80. The first-order valence-corrected chi connectivity index (χ1v) is 8.89. The molecule has 1 aliphatic rings. The number of hydrogen-bond acceptors (Lipinski definition) is 3. The molecule has 1 aromatic heterocycles. The van der Waals surface area contributed by atoms with Gasteiger partial charge in [0.15, 0.2) is 0 Å². The van der Waals surface area contributed by atoms with Gasteiger partial charge in [-0.1, -0.05) is 25.1 Å². The van der Waals surface area contributed by atoms with E-state index in [0.29, 0.717) is 12.3 Å². The maximum atomic E-state index is 11.8. The number of fused-ring (bicyclic) bond motifs is 1. The number of hydrogen-bond donors (Lipinski definition) is 0. The molecule has 0 saturated heterocycles. The fraction of sp³-hybridized carbons (Fsp3) is 0.500. The molecular weight excluding hydrogens is 300 g/mol. The molecule has 128 valence electrons. The highest BCUT2D eigenvalue weighted by Gasteiger charge is 2.21. The predicted molar refractivity (Wildman–Crippen MR) is 94.5 cm³/mol. The molecular formula is C20H26N2O2. The van der Waals surface area contributed by atoms with Gasteiger partial charge in [-0.2, -0.15) is 5.10 Å². The number of nitrogens with zero attached hydrogens (tertiary/aromatic N) is 2. The number of esters is 1. The average molecular weight is 326 g/mol. The van der Waals surface area contributed by atoms with E-state index in [4.69, 9.17) is 4.74 Å². The van der Waals surface area contributed by atoms with E-state index in [9.17, 15) is 4.79 Å². The van der Waals surface area contributed by atoms with Crippen LogP contribution in [-0.4, -0.2) is 15.7 Å². The number of rotatable bonds is 4. The minimum Gasteiger partial charge on any atom is -0.407 e. The molecule has 24 heavy (non-hydrogen) atoms. The summed E-state index contributed by atoms with van der Waals surface area (Å²) in [5.74, 6) is 0.349. The van der Waals surface area contributed by atoms with Crippen molar-refractivity contribution in [1.29, 1.82) is 0 Å². The van der Waals surface area contributed by atoms with E-state index in [2.05, 4.69) is 30.2 Å². The molecule has 4 nitrogen and oxygen atoms in total. The lowest BCUT2D eigenvalue weighted by Gasteiger charge is -2.20. The number of aryl methyl sites for hydroxylation is 3. The van der Waals surface area contributed by atoms with Gasteiger partial charge in [-0.3, -0.25) is 4.79 Å². The van der Waals surface area contributed by atoms with Gasteiger partial charge in [-0.15, -0.1) is 0 Å². The van der Waals surface area contributed by atoms with Crippen LogP contribution in [0.1, 0.15) is 67.1 Å². The zero-order valence-corrected chi connectivity index (χ0v) is 15.1. The zero-order chi connectivity index (χ0) is 17.3. The second-order valence-electron chi connectivity index (χ2n) is 6.70. The molecule has 0 N–H and O–H groups in total. The summed E-state index contributed by atoms with van der Waals surface area (Å²) in [5, 5.41) is 4.63. The molecule has 0 fully saturated rings. The van der Waals surface area contributed by atoms with Crippen LogP contribution in [0, 0.1) is 13.8 Å². The van der Waals surface area contributed by atoms with Gasteiger partial charge < -0.3 is 4.74 Å². The molecule has 0 radical (unpaired) electrons. The topological polar surface area (TPSA) is 44.1 Å². The summed E-state index contributed by atoms with van der Waals surface area (Å²) in [6, 6.07) is 6.77. The van der Waals surface area contributed by atoms with Gasteiger partial charge in [0.05, 0.1) is 11.7 Å². The molecule has 0 saturated carbocycles. The normalized spacial score (nSPS) is 15.0. The van der Waals surface area contributed by atoms with Crippen LogP contribution in [0.3, 0.4) is 0 Å². The van der Waals surface area contributed by atoms with Crippen molar-refractivity contribution in [2.75, 3.05) is 0 Å². The van der Waals surface area contributed by atoms with E-state index in [1.54, 1.807) is 6.92 Å². The van der Waals surface area contributed by atoms with E-state index in [-0.39, 0.29) is 12.0 Å². The van der Waals surface area contributed by atoms with E-state index < -0.39 is 0 Å². The third kappa shape index (κ3) is 3.10. The van der Waals surface area contributed by atoms with Crippen LogP contribution in [0.2, 0.25) is 0 Å². The summed E-state index contributed by atoms with van der Waals surface area (Å²) < 4.78 is 7.41. The SMILES string of the molecule is CCC(=O)Oc1c(C)c(C)nn1C(C)c1ccc2c(c1)CCCC2. The Morgan fingerprint density at radius 2 is 1.96 bits per heavy atom. The number of benzene rings is 1. The molecule has 1 aromatic carbocycles. The van der Waals surface area contributed by atoms with Crippen LogP contribution in [-0.2, 0) is 17.6 Å². The maximum absolute atomic E-state index is 11.8. The molecule has 0 amide bonds. The van der Waals surface area contributed by atoms with E-state index in [0.717, 1.165) is 17.7 Å². The zero-order valence-electron chi connectivity index (χ0n) is 15.1. The third-order valence-corrected chi connectivity index (χ3v) is 5.05. The minimum absolute atomic E-state index is 0.0317. The Hall–Kier alpha value is -2.10. The Kier molecular flexibility index (Phi) is 4.74. The van der Waals surface area contributed by atoms with Crippen LogP contribution in [0.4, 0.5) is 0 Å². The van der Waals surface area contributed by atoms with Crippen LogP contribution >= 0.6 is 0 Å². The highest BCUT2D eigenvalue weighted by molar-refractivity contribution is 5.72. The van der Waals surface area contributed by atoms with E-state index in [1.807, 2.05) is 18.5 Å². The molecule has 1 atom stereocenters. The molecule has 1 unspecified atom stereocenters. The molecule has 1 heterocycles. The monoisotopic (exact) mass is 326 g/mol. The van der Waals surface area contributed by atoms with Crippen molar-refractivity contribution in [3.63, 3.8) is 0 Å². The van der Waals surface area contributed by atoms with Gasteiger partial charge in [-0.05, 0) is 63.1 Å². The number of carbonyl (C=O) groups excluding carboxylic acids is 1. The van der Waals surface area contributed by atoms with Crippen molar-refractivity contribution in [1.82, 2.24) is 9.78 Å². The van der Waals surface area contributed by atoms with E-state index in [1.165, 1.54) is 36.0 Å². The van der Waals surface area contributed by atoms with Gasteiger partial charge >= 0.3 is 5.97 Å². The van der Waals surface area contributed by atoms with Crippen LogP contribution in [0.25, 0.3) is 0 Å².